The molecule has 0 N–H and O–H groups in total. The van der Waals surface area contributed by atoms with Crippen LogP contribution in [0.15, 0.2) is 9.98 Å². The van der Waals surface area contributed by atoms with Gasteiger partial charge in [0.25, 0.3) is 0 Å². The number of rotatable bonds is 1. The van der Waals surface area contributed by atoms with Gasteiger partial charge < -0.3 is 0 Å². The van der Waals surface area contributed by atoms with E-state index < -0.39 is 0 Å². The second-order valence-electron chi connectivity index (χ2n) is 3.34. The summed E-state index contributed by atoms with van der Waals surface area (Å²) in [6.07, 6.45) is 1.58. The number of hydrogen-bond donors (Lipinski definition) is 0. The molecule has 2 nitrogen and oxygen atoms in total. The second kappa shape index (κ2) is 3.49. The molecule has 0 aromatic rings. The molecule has 2 heteroatoms. The van der Waals surface area contributed by atoms with Crippen LogP contribution in [0.1, 0.15) is 27.7 Å². The molecule has 0 aromatic heterocycles. The van der Waals surface area contributed by atoms with E-state index in [4.69, 9.17) is 0 Å². The molecule has 0 aliphatic heterocycles. The van der Waals surface area contributed by atoms with E-state index in [1.54, 1.807) is 13.4 Å². The summed E-state index contributed by atoms with van der Waals surface area (Å²) in [5.41, 5.74) is 1.28. The molecule has 0 spiro atoms. The fraction of sp³-hybridized carbons (Fsp3) is 0.750. The van der Waals surface area contributed by atoms with Crippen molar-refractivity contribution in [3.05, 3.63) is 0 Å². The third kappa shape index (κ3) is 3.38. The minimum absolute atomic E-state index is 0.168. The van der Waals surface area contributed by atoms with Crippen LogP contribution in [0.25, 0.3) is 0 Å². The van der Waals surface area contributed by atoms with Crippen LogP contribution < -0.4 is 0 Å². The topological polar surface area (TPSA) is 24.7 Å². The maximum Gasteiger partial charge on any atom is 0.109 e. The van der Waals surface area contributed by atoms with Gasteiger partial charge in [-0.3, -0.25) is 4.99 Å². The SMILES string of the molecule is CN=CN=C(C)C(C)(C)C. The van der Waals surface area contributed by atoms with Gasteiger partial charge in [0, 0.05) is 12.8 Å². The van der Waals surface area contributed by atoms with Crippen molar-refractivity contribution in [2.45, 2.75) is 27.7 Å². The van der Waals surface area contributed by atoms with Crippen molar-refractivity contribution in [3.8, 4) is 0 Å². The zero-order chi connectivity index (χ0) is 8.20. The van der Waals surface area contributed by atoms with E-state index in [1.807, 2.05) is 6.92 Å². The van der Waals surface area contributed by atoms with Crippen molar-refractivity contribution in [1.29, 1.82) is 0 Å². The van der Waals surface area contributed by atoms with Crippen molar-refractivity contribution in [3.63, 3.8) is 0 Å². The first-order chi connectivity index (χ1) is 4.48. The molecule has 0 atom stereocenters. The zero-order valence-corrected chi connectivity index (χ0v) is 7.47. The summed E-state index contributed by atoms with van der Waals surface area (Å²) in [4.78, 5) is 7.92. The molecular weight excluding hydrogens is 124 g/mol. The van der Waals surface area contributed by atoms with Crippen molar-refractivity contribution < 1.29 is 0 Å². The molecule has 0 amide bonds. The van der Waals surface area contributed by atoms with Crippen molar-refractivity contribution >= 4 is 12.1 Å². The lowest BCUT2D eigenvalue weighted by Gasteiger charge is -2.16. The summed E-state index contributed by atoms with van der Waals surface area (Å²) in [5, 5.41) is 0. The third-order valence-electron chi connectivity index (χ3n) is 1.45. The van der Waals surface area contributed by atoms with Gasteiger partial charge in [-0.15, -0.1) is 0 Å². The Hall–Kier alpha value is -0.660. The summed E-state index contributed by atoms with van der Waals surface area (Å²) in [5.74, 6) is 0. The Kier molecular flexibility index (Phi) is 3.26. The summed E-state index contributed by atoms with van der Waals surface area (Å²) >= 11 is 0. The maximum absolute atomic E-state index is 4.14. The van der Waals surface area contributed by atoms with Crippen LogP contribution in [0, 0.1) is 5.41 Å². The Labute approximate surface area is 63.1 Å². The minimum atomic E-state index is 0.168. The van der Waals surface area contributed by atoms with E-state index >= 15 is 0 Å². The van der Waals surface area contributed by atoms with Crippen LogP contribution >= 0.6 is 0 Å². The summed E-state index contributed by atoms with van der Waals surface area (Å²) in [6.45, 7) is 8.42. The van der Waals surface area contributed by atoms with Gasteiger partial charge in [-0.25, -0.2) is 4.99 Å². The Bertz CT molecular complexity index is 149. The van der Waals surface area contributed by atoms with Crippen LogP contribution in [0.5, 0.6) is 0 Å². The van der Waals surface area contributed by atoms with E-state index in [2.05, 4.69) is 30.8 Å². The van der Waals surface area contributed by atoms with Gasteiger partial charge in [-0.1, -0.05) is 20.8 Å². The average molecular weight is 140 g/mol. The molecule has 0 aromatic carbocycles. The summed E-state index contributed by atoms with van der Waals surface area (Å²) < 4.78 is 0. The van der Waals surface area contributed by atoms with Gasteiger partial charge in [0.1, 0.15) is 6.34 Å². The molecule has 0 aliphatic carbocycles. The number of nitrogens with zero attached hydrogens (tertiary/aromatic N) is 2. The summed E-state index contributed by atoms with van der Waals surface area (Å²) in [7, 11) is 1.72. The van der Waals surface area contributed by atoms with E-state index in [1.165, 1.54) is 0 Å². The molecular formula is C8H16N2. The van der Waals surface area contributed by atoms with Gasteiger partial charge in [-0.05, 0) is 12.3 Å². The molecule has 0 rings (SSSR count). The van der Waals surface area contributed by atoms with Crippen molar-refractivity contribution in [1.82, 2.24) is 0 Å². The van der Waals surface area contributed by atoms with Crippen LogP contribution in [-0.4, -0.2) is 19.1 Å². The predicted octanol–water partition coefficient (Wildman–Crippen LogP) is 2.15. The van der Waals surface area contributed by atoms with E-state index in [9.17, 15) is 0 Å². The van der Waals surface area contributed by atoms with Crippen LogP contribution in [0.3, 0.4) is 0 Å². The van der Waals surface area contributed by atoms with Gasteiger partial charge >= 0.3 is 0 Å². The summed E-state index contributed by atoms with van der Waals surface area (Å²) in [6, 6.07) is 0. The lowest BCUT2D eigenvalue weighted by Crippen LogP contribution is -2.16. The quantitative estimate of drug-likeness (QED) is 0.394. The molecule has 0 aliphatic rings. The predicted molar refractivity (Wildman–Crippen MR) is 47.0 cm³/mol. The zero-order valence-electron chi connectivity index (χ0n) is 7.47. The normalized spacial score (nSPS) is 14.7. The van der Waals surface area contributed by atoms with Crippen LogP contribution in [0.4, 0.5) is 0 Å². The lowest BCUT2D eigenvalue weighted by atomic mass is 9.91. The highest BCUT2D eigenvalue weighted by Gasteiger charge is 2.12. The number of hydrogen-bond acceptors (Lipinski definition) is 1. The fourth-order valence-electron chi connectivity index (χ4n) is 0.338. The van der Waals surface area contributed by atoms with Crippen LogP contribution in [0.2, 0.25) is 0 Å². The Morgan fingerprint density at radius 2 is 1.80 bits per heavy atom. The second-order valence-corrected chi connectivity index (χ2v) is 3.34. The molecule has 0 heterocycles. The highest BCUT2D eigenvalue weighted by Crippen LogP contribution is 2.14. The Morgan fingerprint density at radius 3 is 2.10 bits per heavy atom. The molecule has 0 radical (unpaired) electrons. The minimum Gasteiger partial charge on any atom is -0.277 e. The highest BCUT2D eigenvalue weighted by molar-refractivity contribution is 5.92. The molecule has 0 bridgehead atoms. The molecule has 10 heavy (non-hydrogen) atoms. The van der Waals surface area contributed by atoms with Crippen LogP contribution in [-0.2, 0) is 0 Å². The van der Waals surface area contributed by atoms with Crippen molar-refractivity contribution in [2.75, 3.05) is 7.05 Å². The largest absolute Gasteiger partial charge is 0.277 e. The first kappa shape index (κ1) is 9.34. The molecule has 0 saturated heterocycles. The first-order valence-electron chi connectivity index (χ1n) is 3.44. The average Bonchev–Trinajstić information content (AvgIpc) is 1.80. The van der Waals surface area contributed by atoms with Crippen molar-refractivity contribution in [2.24, 2.45) is 15.4 Å². The smallest absolute Gasteiger partial charge is 0.109 e. The lowest BCUT2D eigenvalue weighted by molar-refractivity contribution is 0.589. The Balaban J connectivity index is 4.20. The van der Waals surface area contributed by atoms with E-state index in [-0.39, 0.29) is 5.41 Å². The first-order valence-corrected chi connectivity index (χ1v) is 3.44. The maximum atomic E-state index is 4.14. The van der Waals surface area contributed by atoms with Gasteiger partial charge in [0.2, 0.25) is 0 Å². The molecule has 58 valence electrons. The van der Waals surface area contributed by atoms with E-state index in [0.29, 0.717) is 0 Å². The molecule has 0 saturated carbocycles. The van der Waals surface area contributed by atoms with Gasteiger partial charge in [-0.2, -0.15) is 0 Å². The standard InChI is InChI=1S/C8H16N2/c1-7(8(2,3)4)10-6-9-5/h6H,1-5H3. The molecule has 0 fully saturated rings. The highest BCUT2D eigenvalue weighted by atomic mass is 14.8. The van der Waals surface area contributed by atoms with Gasteiger partial charge in [0.15, 0.2) is 0 Å². The third-order valence-corrected chi connectivity index (χ3v) is 1.45. The van der Waals surface area contributed by atoms with E-state index in [0.717, 1.165) is 5.71 Å². The Morgan fingerprint density at radius 1 is 1.30 bits per heavy atom. The number of aliphatic imine (C=N–C) groups is 2. The molecule has 0 unspecified atom stereocenters. The van der Waals surface area contributed by atoms with Gasteiger partial charge in [0.05, 0.1) is 0 Å². The monoisotopic (exact) mass is 140 g/mol. The fourth-order valence-corrected chi connectivity index (χ4v) is 0.338.